The summed E-state index contributed by atoms with van der Waals surface area (Å²) in [4.78, 5) is 0.608. The maximum absolute atomic E-state index is 12.4. The summed E-state index contributed by atoms with van der Waals surface area (Å²) in [6.45, 7) is 1.63. The van der Waals surface area contributed by atoms with Gasteiger partial charge in [-0.3, -0.25) is 4.90 Å². The second-order valence-electron chi connectivity index (χ2n) is 4.67. The molecule has 1 atom stereocenters. The van der Waals surface area contributed by atoms with E-state index in [-0.39, 0.29) is 27.2 Å². The van der Waals surface area contributed by atoms with E-state index in [1.54, 1.807) is 25.9 Å². The monoisotopic (exact) mass is 346 g/mol. The normalized spacial score (nSPS) is 25.1. The molecule has 2 heterocycles. The number of hydrogen-bond donors (Lipinski definition) is 1. The Hall–Kier alpha value is -0.190. The predicted octanol–water partition coefficient (Wildman–Crippen LogP) is 0.425. The van der Waals surface area contributed by atoms with Gasteiger partial charge in [0.2, 0.25) is 19.9 Å². The second kappa shape index (κ2) is 4.68. The molecule has 1 aromatic rings. The molecule has 1 unspecified atom stereocenters. The lowest BCUT2D eigenvalue weighted by atomic mass is 10.1. The zero-order chi connectivity index (χ0) is 13.9. The van der Waals surface area contributed by atoms with Crippen LogP contribution in [0.5, 0.6) is 0 Å². The van der Waals surface area contributed by atoms with Crippen LogP contribution in [0.2, 0.25) is 0 Å². The molecular formula is C9H15ClN2O4S3. The van der Waals surface area contributed by atoms with Crippen LogP contribution in [0.1, 0.15) is 12.5 Å². The number of sulfonamides is 1. The van der Waals surface area contributed by atoms with E-state index in [1.807, 2.05) is 0 Å². The Kier molecular flexibility index (Phi) is 4.15. The molecule has 0 bridgehead atoms. The topological polar surface area (TPSA) is 97.5 Å². The second-order valence-corrected chi connectivity index (χ2v) is 10.1. The number of likely N-dealkylation sites (N-methyl/N-ethyl adjacent to an activating group) is 1. The van der Waals surface area contributed by atoms with E-state index in [0.717, 1.165) is 11.3 Å². The first-order valence-corrected chi connectivity index (χ1v) is 8.92. The van der Waals surface area contributed by atoms with E-state index in [2.05, 4.69) is 0 Å². The minimum absolute atomic E-state index is 0. The third-order valence-electron chi connectivity index (χ3n) is 3.32. The SMILES string of the molecule is CN(C)C1(C)Cc2cc(S(N)(=O)=O)sc2S1(=O)=O.Cl. The third kappa shape index (κ3) is 2.32. The van der Waals surface area contributed by atoms with Crippen molar-refractivity contribution < 1.29 is 16.8 Å². The number of primary sulfonamides is 1. The molecule has 0 aromatic carbocycles. The van der Waals surface area contributed by atoms with Gasteiger partial charge in [0.1, 0.15) is 13.3 Å². The van der Waals surface area contributed by atoms with Crippen molar-refractivity contribution in [2.45, 2.75) is 26.6 Å². The summed E-state index contributed by atoms with van der Waals surface area (Å²) in [5, 5.41) is 5.01. The van der Waals surface area contributed by atoms with Gasteiger partial charge >= 0.3 is 0 Å². The Morgan fingerprint density at radius 1 is 1.42 bits per heavy atom. The Bertz CT molecular complexity index is 708. The van der Waals surface area contributed by atoms with Crippen molar-refractivity contribution in [2.75, 3.05) is 14.1 Å². The van der Waals surface area contributed by atoms with Crippen LogP contribution in [0.15, 0.2) is 14.5 Å². The van der Waals surface area contributed by atoms with Crippen molar-refractivity contribution in [3.63, 3.8) is 0 Å². The number of rotatable bonds is 2. The van der Waals surface area contributed by atoms with E-state index in [4.69, 9.17) is 5.14 Å². The lowest BCUT2D eigenvalue weighted by Gasteiger charge is -2.30. The Morgan fingerprint density at radius 3 is 2.32 bits per heavy atom. The summed E-state index contributed by atoms with van der Waals surface area (Å²) in [7, 11) is -4.03. The zero-order valence-electron chi connectivity index (χ0n) is 10.6. The molecule has 0 saturated carbocycles. The molecule has 0 radical (unpaired) electrons. The smallest absolute Gasteiger partial charge is 0.247 e. The molecular weight excluding hydrogens is 332 g/mol. The number of nitrogens with two attached hydrogens (primary N) is 1. The number of fused-ring (bicyclic) bond motifs is 1. The van der Waals surface area contributed by atoms with Gasteiger partial charge in [-0.15, -0.1) is 23.7 Å². The standard InChI is InChI=1S/C9H14N2O4S3.ClH/c1-9(11(2)3)5-6-4-7(18(10,14)15)16-8(6)17(9,12)13;/h4H,5H2,1-3H3,(H2,10,14,15);1H. The van der Waals surface area contributed by atoms with Crippen LogP contribution in [0, 0.1) is 0 Å². The van der Waals surface area contributed by atoms with Crippen LogP contribution in [-0.2, 0) is 26.3 Å². The molecule has 6 nitrogen and oxygen atoms in total. The molecule has 2 N–H and O–H groups in total. The molecule has 19 heavy (non-hydrogen) atoms. The lowest BCUT2D eigenvalue weighted by molar-refractivity contribution is 0.265. The fraction of sp³-hybridized carbons (Fsp3) is 0.556. The Morgan fingerprint density at radius 2 is 1.95 bits per heavy atom. The van der Waals surface area contributed by atoms with Gasteiger partial charge in [0.05, 0.1) is 0 Å². The van der Waals surface area contributed by atoms with Gasteiger partial charge in [-0.1, -0.05) is 0 Å². The van der Waals surface area contributed by atoms with Crippen LogP contribution in [0.3, 0.4) is 0 Å². The van der Waals surface area contributed by atoms with Crippen molar-refractivity contribution in [3.8, 4) is 0 Å². The Balaban J connectivity index is 0.00000180. The lowest BCUT2D eigenvalue weighted by Crippen LogP contribution is -2.46. The first-order chi connectivity index (χ1) is 8.00. The number of hydrogen-bond acceptors (Lipinski definition) is 6. The molecule has 2 rings (SSSR count). The molecule has 1 aliphatic rings. The molecule has 10 heteroatoms. The number of nitrogens with zero attached hydrogens (tertiary/aromatic N) is 1. The van der Waals surface area contributed by atoms with E-state index in [1.165, 1.54) is 6.07 Å². The number of sulfone groups is 1. The van der Waals surface area contributed by atoms with Gasteiger partial charge in [0, 0.05) is 6.42 Å². The summed E-state index contributed by atoms with van der Waals surface area (Å²) in [6.07, 6.45) is 0.268. The van der Waals surface area contributed by atoms with Crippen LogP contribution < -0.4 is 5.14 Å². The fourth-order valence-corrected chi connectivity index (χ4v) is 6.70. The van der Waals surface area contributed by atoms with Crippen molar-refractivity contribution in [3.05, 3.63) is 11.6 Å². The summed E-state index contributed by atoms with van der Waals surface area (Å²) in [5.41, 5.74) is 0.528. The molecule has 0 spiro atoms. The Labute approximate surface area is 123 Å². The van der Waals surface area contributed by atoms with Gasteiger partial charge in [-0.2, -0.15) is 0 Å². The summed E-state index contributed by atoms with van der Waals surface area (Å²) in [6, 6.07) is 1.36. The molecule has 1 aliphatic heterocycles. The van der Waals surface area contributed by atoms with Crippen LogP contribution in [0.4, 0.5) is 0 Å². The van der Waals surface area contributed by atoms with E-state index in [0.29, 0.717) is 5.56 Å². The molecule has 0 fully saturated rings. The van der Waals surface area contributed by atoms with Gasteiger partial charge in [-0.05, 0) is 32.6 Å². The maximum atomic E-state index is 12.4. The molecule has 1 aromatic heterocycles. The minimum atomic E-state index is -3.85. The molecule has 0 aliphatic carbocycles. The van der Waals surface area contributed by atoms with E-state index < -0.39 is 24.7 Å². The summed E-state index contributed by atoms with van der Waals surface area (Å²) >= 11 is 0.728. The number of thiophene rings is 1. The third-order valence-corrected chi connectivity index (χ3v) is 9.03. The number of halogens is 1. The van der Waals surface area contributed by atoms with Crippen LogP contribution in [0.25, 0.3) is 0 Å². The van der Waals surface area contributed by atoms with Crippen molar-refractivity contribution in [1.82, 2.24) is 4.90 Å². The zero-order valence-corrected chi connectivity index (χ0v) is 13.8. The highest BCUT2D eigenvalue weighted by atomic mass is 35.5. The average molecular weight is 347 g/mol. The van der Waals surface area contributed by atoms with E-state index in [9.17, 15) is 16.8 Å². The molecule has 0 saturated heterocycles. The quantitative estimate of drug-likeness (QED) is 0.837. The molecule has 0 amide bonds. The van der Waals surface area contributed by atoms with Crippen molar-refractivity contribution in [2.24, 2.45) is 5.14 Å². The van der Waals surface area contributed by atoms with Crippen molar-refractivity contribution >= 4 is 43.6 Å². The summed E-state index contributed by atoms with van der Waals surface area (Å²) < 4.78 is 47.3. The van der Waals surface area contributed by atoms with Crippen LogP contribution in [-0.4, -0.2) is 40.7 Å². The average Bonchev–Trinajstić information content (AvgIpc) is 2.66. The predicted molar refractivity (Wildman–Crippen MR) is 75.9 cm³/mol. The first kappa shape index (κ1) is 16.9. The maximum Gasteiger partial charge on any atom is 0.247 e. The highest BCUT2D eigenvalue weighted by molar-refractivity contribution is 7.96. The van der Waals surface area contributed by atoms with Crippen molar-refractivity contribution in [1.29, 1.82) is 0 Å². The van der Waals surface area contributed by atoms with Gasteiger partial charge in [0.15, 0.2) is 0 Å². The van der Waals surface area contributed by atoms with E-state index >= 15 is 0 Å². The first-order valence-electron chi connectivity index (χ1n) is 5.08. The fourth-order valence-electron chi connectivity index (χ4n) is 1.92. The summed E-state index contributed by atoms with van der Waals surface area (Å²) in [5.74, 6) is 0. The van der Waals surface area contributed by atoms with Crippen LogP contribution >= 0.6 is 23.7 Å². The molecule has 110 valence electrons. The highest BCUT2D eigenvalue weighted by Gasteiger charge is 2.51. The minimum Gasteiger partial charge on any atom is -0.291 e. The van der Waals surface area contributed by atoms with Gasteiger partial charge < -0.3 is 0 Å². The largest absolute Gasteiger partial charge is 0.291 e. The van der Waals surface area contributed by atoms with Gasteiger partial charge in [0.25, 0.3) is 0 Å². The van der Waals surface area contributed by atoms with Gasteiger partial charge in [-0.25, -0.2) is 22.0 Å². The highest BCUT2D eigenvalue weighted by Crippen LogP contribution is 2.45.